The van der Waals surface area contributed by atoms with E-state index in [0.717, 1.165) is 18.7 Å². The summed E-state index contributed by atoms with van der Waals surface area (Å²) in [6.07, 6.45) is 0. The Hall–Kier alpha value is -3.19. The number of likely N-dealkylation sites (N-methyl/N-ethyl adjacent to an activating group) is 1. The van der Waals surface area contributed by atoms with Crippen LogP contribution in [-0.2, 0) is 16.1 Å². The van der Waals surface area contributed by atoms with Crippen molar-refractivity contribution < 1.29 is 18.7 Å². The number of carbonyl (C=O) groups excluding carboxylic acids is 2. The van der Waals surface area contributed by atoms with Crippen LogP contribution in [0.4, 0.5) is 4.39 Å². The number of hydrogen-bond acceptors (Lipinski definition) is 5. The molecule has 30 heavy (non-hydrogen) atoms. The van der Waals surface area contributed by atoms with Crippen LogP contribution in [-0.4, -0.2) is 66.9 Å². The number of imide groups is 1. The predicted molar refractivity (Wildman–Crippen MR) is 111 cm³/mol. The van der Waals surface area contributed by atoms with E-state index in [1.165, 1.54) is 17.0 Å². The monoisotopic (exact) mass is 409 g/mol. The molecule has 2 aromatic carbocycles. The molecule has 1 saturated heterocycles. The highest BCUT2D eigenvalue weighted by molar-refractivity contribution is 6.35. The van der Waals surface area contributed by atoms with Crippen LogP contribution >= 0.6 is 0 Å². The van der Waals surface area contributed by atoms with E-state index in [1.807, 2.05) is 30.1 Å². The summed E-state index contributed by atoms with van der Waals surface area (Å²) in [6.45, 7) is 3.02. The molecule has 0 bridgehead atoms. The van der Waals surface area contributed by atoms with Gasteiger partial charge in [0.05, 0.1) is 19.2 Å². The van der Waals surface area contributed by atoms with Gasteiger partial charge in [-0.3, -0.25) is 14.5 Å². The summed E-state index contributed by atoms with van der Waals surface area (Å²) in [5.74, 6) is -0.459. The molecule has 0 aromatic heterocycles. The van der Waals surface area contributed by atoms with Crippen molar-refractivity contribution in [3.63, 3.8) is 0 Å². The maximum absolute atomic E-state index is 13.5. The van der Waals surface area contributed by atoms with Crippen molar-refractivity contribution in [2.75, 3.05) is 40.3 Å². The fourth-order valence-corrected chi connectivity index (χ4v) is 3.91. The number of rotatable bonds is 5. The molecule has 0 N–H and O–H groups in total. The highest BCUT2D eigenvalue weighted by Crippen LogP contribution is 2.34. The van der Waals surface area contributed by atoms with Gasteiger partial charge in [0.25, 0.3) is 11.8 Å². The van der Waals surface area contributed by atoms with Crippen molar-refractivity contribution in [3.8, 4) is 5.75 Å². The average molecular weight is 409 g/mol. The molecular formula is C23H24FN3O3. The van der Waals surface area contributed by atoms with Crippen LogP contribution in [0.1, 0.15) is 11.1 Å². The summed E-state index contributed by atoms with van der Waals surface area (Å²) in [5, 5.41) is 0. The lowest BCUT2D eigenvalue weighted by molar-refractivity contribution is -0.138. The van der Waals surface area contributed by atoms with Gasteiger partial charge in [-0.15, -0.1) is 0 Å². The topological polar surface area (TPSA) is 53.1 Å². The summed E-state index contributed by atoms with van der Waals surface area (Å²) in [5.41, 5.74) is 2.03. The Bertz CT molecular complexity index is 995. The number of halogens is 1. The maximum atomic E-state index is 13.5. The van der Waals surface area contributed by atoms with Gasteiger partial charge >= 0.3 is 0 Å². The number of carbonyl (C=O) groups is 2. The molecule has 0 spiro atoms. The Balaban J connectivity index is 1.73. The molecular weight excluding hydrogens is 385 g/mol. The summed E-state index contributed by atoms with van der Waals surface area (Å²) in [7, 11) is 3.59. The zero-order valence-electron chi connectivity index (χ0n) is 17.1. The third kappa shape index (κ3) is 3.68. The minimum absolute atomic E-state index is 0.115. The lowest BCUT2D eigenvalue weighted by Crippen LogP contribution is -2.46. The molecule has 0 saturated carbocycles. The standard InChI is InChI=1S/C23H24FN3O3/c1-25-11-13-26(14-12-25)21-20(16-7-9-18(24)10-8-16)22(28)27(23(21)29)15-17-5-3-4-6-19(17)30-2/h3-10H,11-15H2,1-2H3. The number of methoxy groups -OCH3 is 1. The lowest BCUT2D eigenvalue weighted by atomic mass is 10.0. The van der Waals surface area contributed by atoms with Crippen LogP contribution in [0, 0.1) is 5.82 Å². The Morgan fingerprint density at radius 1 is 0.933 bits per heavy atom. The maximum Gasteiger partial charge on any atom is 0.278 e. The van der Waals surface area contributed by atoms with Gasteiger partial charge in [-0.1, -0.05) is 30.3 Å². The molecule has 156 valence electrons. The van der Waals surface area contributed by atoms with E-state index in [9.17, 15) is 14.0 Å². The average Bonchev–Trinajstić information content (AvgIpc) is 3.00. The molecule has 2 aliphatic heterocycles. The molecule has 2 aliphatic rings. The first-order valence-corrected chi connectivity index (χ1v) is 9.91. The summed E-state index contributed by atoms with van der Waals surface area (Å²) >= 11 is 0. The van der Waals surface area contributed by atoms with E-state index in [0.29, 0.717) is 35.7 Å². The second-order valence-corrected chi connectivity index (χ2v) is 7.53. The van der Waals surface area contributed by atoms with E-state index in [2.05, 4.69) is 4.90 Å². The van der Waals surface area contributed by atoms with Crippen molar-refractivity contribution >= 4 is 17.4 Å². The summed E-state index contributed by atoms with van der Waals surface area (Å²) in [6, 6.07) is 13.1. The molecule has 2 amide bonds. The third-order valence-electron chi connectivity index (χ3n) is 5.62. The van der Waals surface area contributed by atoms with Crippen LogP contribution in [0.5, 0.6) is 5.75 Å². The van der Waals surface area contributed by atoms with Gasteiger partial charge in [-0.2, -0.15) is 0 Å². The SMILES string of the molecule is COc1ccccc1CN1C(=O)C(c2ccc(F)cc2)=C(N2CCN(C)CC2)C1=O. The minimum Gasteiger partial charge on any atom is -0.496 e. The number of para-hydroxylation sites is 1. The number of piperazine rings is 1. The number of hydrogen-bond donors (Lipinski definition) is 0. The molecule has 4 rings (SSSR count). The quantitative estimate of drug-likeness (QED) is 0.710. The first-order chi connectivity index (χ1) is 14.5. The molecule has 0 atom stereocenters. The van der Waals surface area contributed by atoms with E-state index >= 15 is 0 Å². The van der Waals surface area contributed by atoms with Gasteiger partial charge in [0.1, 0.15) is 17.3 Å². The van der Waals surface area contributed by atoms with Crippen molar-refractivity contribution in [2.45, 2.75) is 6.54 Å². The predicted octanol–water partition coefficient (Wildman–Crippen LogP) is 2.36. The van der Waals surface area contributed by atoms with Crippen LogP contribution in [0.2, 0.25) is 0 Å². The number of amides is 2. The van der Waals surface area contributed by atoms with Crippen LogP contribution in [0.15, 0.2) is 54.2 Å². The van der Waals surface area contributed by atoms with Crippen LogP contribution < -0.4 is 4.74 Å². The first kappa shape index (κ1) is 20.1. The van der Waals surface area contributed by atoms with Crippen LogP contribution in [0.25, 0.3) is 5.57 Å². The second kappa shape index (κ2) is 8.28. The van der Waals surface area contributed by atoms with Gasteiger partial charge in [-0.25, -0.2) is 4.39 Å². The second-order valence-electron chi connectivity index (χ2n) is 7.53. The molecule has 0 unspecified atom stereocenters. The smallest absolute Gasteiger partial charge is 0.278 e. The molecule has 1 fully saturated rings. The van der Waals surface area contributed by atoms with E-state index in [1.54, 1.807) is 25.3 Å². The molecule has 7 heteroatoms. The normalized spacial score (nSPS) is 17.8. The lowest BCUT2D eigenvalue weighted by Gasteiger charge is -2.34. The van der Waals surface area contributed by atoms with Gasteiger partial charge in [0.2, 0.25) is 0 Å². The number of nitrogens with zero attached hydrogens (tertiary/aromatic N) is 3. The fourth-order valence-electron chi connectivity index (χ4n) is 3.91. The Labute approximate surface area is 175 Å². The third-order valence-corrected chi connectivity index (χ3v) is 5.62. The van der Waals surface area contributed by atoms with Crippen molar-refractivity contribution in [1.82, 2.24) is 14.7 Å². The van der Waals surface area contributed by atoms with E-state index < -0.39 is 0 Å². The Kier molecular flexibility index (Phi) is 5.55. The molecule has 2 aromatic rings. The summed E-state index contributed by atoms with van der Waals surface area (Å²) < 4.78 is 18.9. The Morgan fingerprint density at radius 2 is 1.60 bits per heavy atom. The van der Waals surface area contributed by atoms with Gasteiger partial charge in [0, 0.05) is 31.7 Å². The minimum atomic E-state index is -0.386. The Morgan fingerprint density at radius 3 is 2.27 bits per heavy atom. The zero-order chi connectivity index (χ0) is 21.3. The van der Waals surface area contributed by atoms with Crippen molar-refractivity contribution in [2.24, 2.45) is 0 Å². The summed E-state index contributed by atoms with van der Waals surface area (Å²) in [4.78, 5) is 32.2. The fraction of sp³-hybridized carbons (Fsp3) is 0.304. The van der Waals surface area contributed by atoms with E-state index in [-0.39, 0.29) is 24.2 Å². The van der Waals surface area contributed by atoms with E-state index in [4.69, 9.17) is 4.74 Å². The van der Waals surface area contributed by atoms with Gasteiger partial charge in [-0.05, 0) is 30.8 Å². The molecule has 2 heterocycles. The largest absolute Gasteiger partial charge is 0.496 e. The number of ether oxygens (including phenoxy) is 1. The van der Waals surface area contributed by atoms with Crippen molar-refractivity contribution in [3.05, 3.63) is 71.2 Å². The van der Waals surface area contributed by atoms with Crippen LogP contribution in [0.3, 0.4) is 0 Å². The highest BCUT2D eigenvalue weighted by atomic mass is 19.1. The molecule has 6 nitrogen and oxygen atoms in total. The number of benzene rings is 2. The van der Waals surface area contributed by atoms with Gasteiger partial charge in [0.15, 0.2) is 0 Å². The highest BCUT2D eigenvalue weighted by Gasteiger charge is 2.42. The molecule has 0 aliphatic carbocycles. The van der Waals surface area contributed by atoms with Crippen molar-refractivity contribution in [1.29, 1.82) is 0 Å². The zero-order valence-corrected chi connectivity index (χ0v) is 17.1. The molecule has 0 radical (unpaired) electrons. The first-order valence-electron chi connectivity index (χ1n) is 9.91. The van der Waals surface area contributed by atoms with Gasteiger partial charge < -0.3 is 14.5 Å².